The minimum atomic E-state index is -3.10. The highest BCUT2D eigenvalue weighted by atomic mass is 32.2. The number of nitrogens with one attached hydrogen (secondary N) is 1. The molecule has 0 bridgehead atoms. The van der Waals surface area contributed by atoms with Crippen molar-refractivity contribution in [2.45, 2.75) is 13.3 Å². The lowest BCUT2D eigenvalue weighted by Crippen LogP contribution is -2.23. The summed E-state index contributed by atoms with van der Waals surface area (Å²) in [6.07, 6.45) is 0.334. The average Bonchev–Trinajstić information content (AvgIpc) is 2.69. The molecule has 2 N–H and O–H groups in total. The molecule has 1 aromatic rings. The Kier molecular flexibility index (Phi) is 3.80. The largest absolute Gasteiger partial charge is 0.478 e. The zero-order valence-corrected chi connectivity index (χ0v) is 11.7. The van der Waals surface area contributed by atoms with Crippen LogP contribution in [0.25, 0.3) is 0 Å². The van der Waals surface area contributed by atoms with Gasteiger partial charge in [-0.1, -0.05) is 0 Å². The molecule has 0 spiro atoms. The number of rotatable bonds is 3. The van der Waals surface area contributed by atoms with E-state index in [2.05, 4.69) is 5.32 Å². The van der Waals surface area contributed by atoms with Gasteiger partial charge in [0.25, 0.3) is 0 Å². The van der Waals surface area contributed by atoms with Gasteiger partial charge >= 0.3 is 5.97 Å². The maximum absolute atomic E-state index is 11.9. The molecule has 6 nitrogen and oxygen atoms in total. The van der Waals surface area contributed by atoms with Gasteiger partial charge in [0, 0.05) is 5.69 Å². The fourth-order valence-corrected chi connectivity index (χ4v) is 3.97. The Bertz CT molecular complexity index is 665. The molecule has 1 unspecified atom stereocenters. The number of benzene rings is 1. The predicted molar refractivity (Wildman–Crippen MR) is 73.5 cm³/mol. The van der Waals surface area contributed by atoms with E-state index in [4.69, 9.17) is 5.11 Å². The first-order chi connectivity index (χ1) is 9.28. The van der Waals surface area contributed by atoms with Crippen molar-refractivity contribution in [3.05, 3.63) is 29.3 Å². The lowest BCUT2D eigenvalue weighted by Gasteiger charge is -2.11. The Hall–Kier alpha value is -1.89. The van der Waals surface area contributed by atoms with Crippen LogP contribution in [-0.2, 0) is 14.6 Å². The summed E-state index contributed by atoms with van der Waals surface area (Å²) in [5.41, 5.74) is 1.18. The molecule has 1 saturated heterocycles. The second kappa shape index (κ2) is 5.24. The summed E-state index contributed by atoms with van der Waals surface area (Å²) in [5.74, 6) is -1.97. The summed E-state index contributed by atoms with van der Waals surface area (Å²) in [5, 5.41) is 11.5. The van der Waals surface area contributed by atoms with Crippen molar-refractivity contribution in [1.82, 2.24) is 0 Å². The lowest BCUT2D eigenvalue weighted by molar-refractivity contribution is -0.119. The van der Waals surface area contributed by atoms with Crippen molar-refractivity contribution in [2.24, 2.45) is 5.92 Å². The molecule has 1 heterocycles. The number of aromatic carboxylic acids is 1. The first-order valence-electron chi connectivity index (χ1n) is 6.14. The number of hydrogen-bond donors (Lipinski definition) is 2. The maximum atomic E-state index is 11.9. The van der Waals surface area contributed by atoms with Gasteiger partial charge in [-0.15, -0.1) is 0 Å². The van der Waals surface area contributed by atoms with Gasteiger partial charge < -0.3 is 10.4 Å². The summed E-state index contributed by atoms with van der Waals surface area (Å²) in [6.45, 7) is 1.64. The molecular weight excluding hydrogens is 282 g/mol. The quantitative estimate of drug-likeness (QED) is 0.869. The third-order valence-electron chi connectivity index (χ3n) is 3.33. The highest BCUT2D eigenvalue weighted by molar-refractivity contribution is 7.91. The molecule has 108 valence electrons. The summed E-state index contributed by atoms with van der Waals surface area (Å²) in [4.78, 5) is 22.8. The van der Waals surface area contributed by atoms with Crippen LogP contribution in [-0.4, -0.2) is 36.9 Å². The zero-order chi connectivity index (χ0) is 14.9. The topological polar surface area (TPSA) is 101 Å². The molecule has 7 heteroatoms. The van der Waals surface area contributed by atoms with E-state index in [1.54, 1.807) is 13.0 Å². The molecule has 0 radical (unpaired) electrons. The van der Waals surface area contributed by atoms with Crippen molar-refractivity contribution < 1.29 is 23.1 Å². The highest BCUT2D eigenvalue weighted by Gasteiger charge is 2.32. The molecule has 1 fully saturated rings. The minimum absolute atomic E-state index is 0.0437. The van der Waals surface area contributed by atoms with Crippen LogP contribution < -0.4 is 5.32 Å². The Morgan fingerprint density at radius 1 is 1.35 bits per heavy atom. The summed E-state index contributed by atoms with van der Waals surface area (Å²) < 4.78 is 22.7. The van der Waals surface area contributed by atoms with E-state index in [9.17, 15) is 18.0 Å². The predicted octanol–water partition coefficient (Wildman–Crippen LogP) is 1.07. The van der Waals surface area contributed by atoms with E-state index >= 15 is 0 Å². The van der Waals surface area contributed by atoms with Gasteiger partial charge in [-0.25, -0.2) is 13.2 Å². The Labute approximate surface area is 116 Å². The molecule has 0 aliphatic carbocycles. The number of anilines is 1. The van der Waals surface area contributed by atoms with Gasteiger partial charge in [-0.3, -0.25) is 4.79 Å². The van der Waals surface area contributed by atoms with E-state index in [1.807, 2.05) is 0 Å². The van der Waals surface area contributed by atoms with Crippen molar-refractivity contribution in [3.63, 3.8) is 0 Å². The highest BCUT2D eigenvalue weighted by Crippen LogP contribution is 2.21. The van der Waals surface area contributed by atoms with Crippen molar-refractivity contribution in [2.75, 3.05) is 16.8 Å². The molecule has 20 heavy (non-hydrogen) atoms. The third-order valence-corrected chi connectivity index (χ3v) is 5.10. The van der Waals surface area contributed by atoms with Crippen molar-refractivity contribution in [3.8, 4) is 0 Å². The van der Waals surface area contributed by atoms with Gasteiger partial charge in [-0.05, 0) is 37.1 Å². The minimum Gasteiger partial charge on any atom is -0.478 e. The zero-order valence-electron chi connectivity index (χ0n) is 10.9. The number of aryl methyl sites for hydroxylation is 1. The van der Waals surface area contributed by atoms with Gasteiger partial charge in [0.2, 0.25) is 5.91 Å². The van der Waals surface area contributed by atoms with E-state index in [0.29, 0.717) is 17.7 Å². The van der Waals surface area contributed by atoms with Gasteiger partial charge in [0.05, 0.1) is 23.0 Å². The van der Waals surface area contributed by atoms with Crippen LogP contribution >= 0.6 is 0 Å². The fraction of sp³-hybridized carbons (Fsp3) is 0.385. The second-order valence-electron chi connectivity index (χ2n) is 4.92. The van der Waals surface area contributed by atoms with Gasteiger partial charge in [-0.2, -0.15) is 0 Å². The summed E-state index contributed by atoms with van der Waals surface area (Å²) >= 11 is 0. The van der Waals surface area contributed by atoms with Crippen molar-refractivity contribution >= 4 is 27.4 Å². The number of carbonyl (C=O) groups is 2. The molecule has 1 atom stereocenters. The number of carbonyl (C=O) groups excluding carboxylic acids is 1. The summed E-state index contributed by atoms with van der Waals surface area (Å²) in [6, 6.07) is 4.47. The molecule has 2 rings (SSSR count). The van der Waals surface area contributed by atoms with E-state index in [-0.39, 0.29) is 23.0 Å². The molecule has 0 aromatic heterocycles. The SMILES string of the molecule is Cc1cc(NC(=O)C2CCS(=O)(=O)C2)ccc1C(=O)O. The van der Waals surface area contributed by atoms with E-state index in [0.717, 1.165) is 0 Å². The standard InChI is InChI=1S/C13H15NO5S/c1-8-6-10(2-3-11(8)13(16)17)14-12(15)9-4-5-20(18,19)7-9/h2-3,6,9H,4-5,7H2,1H3,(H,14,15)(H,16,17). The van der Waals surface area contributed by atoms with Crippen LogP contribution in [0, 0.1) is 12.8 Å². The smallest absolute Gasteiger partial charge is 0.335 e. The van der Waals surface area contributed by atoms with Crippen LogP contribution in [0.1, 0.15) is 22.3 Å². The second-order valence-corrected chi connectivity index (χ2v) is 7.15. The Morgan fingerprint density at radius 3 is 2.55 bits per heavy atom. The van der Waals surface area contributed by atoms with Gasteiger partial charge in [0.1, 0.15) is 0 Å². The first-order valence-corrected chi connectivity index (χ1v) is 7.96. The van der Waals surface area contributed by atoms with Crippen LogP contribution in [0.2, 0.25) is 0 Å². The lowest BCUT2D eigenvalue weighted by atomic mass is 10.1. The molecule has 0 saturated carbocycles. The Morgan fingerprint density at radius 2 is 2.05 bits per heavy atom. The fourth-order valence-electron chi connectivity index (χ4n) is 2.23. The van der Waals surface area contributed by atoms with E-state index in [1.165, 1.54) is 12.1 Å². The molecule has 1 aliphatic rings. The maximum Gasteiger partial charge on any atom is 0.335 e. The number of hydrogen-bond acceptors (Lipinski definition) is 4. The molecular formula is C13H15NO5S. The number of amides is 1. The van der Waals surface area contributed by atoms with Crippen LogP contribution in [0.3, 0.4) is 0 Å². The van der Waals surface area contributed by atoms with Crippen LogP contribution in [0.4, 0.5) is 5.69 Å². The van der Waals surface area contributed by atoms with E-state index < -0.39 is 21.7 Å². The Balaban J connectivity index is 2.09. The monoisotopic (exact) mass is 297 g/mol. The number of sulfone groups is 1. The molecule has 1 amide bonds. The third kappa shape index (κ3) is 3.16. The van der Waals surface area contributed by atoms with Crippen molar-refractivity contribution in [1.29, 1.82) is 0 Å². The first kappa shape index (κ1) is 14.5. The van der Waals surface area contributed by atoms with Crippen LogP contribution in [0.15, 0.2) is 18.2 Å². The van der Waals surface area contributed by atoms with Gasteiger partial charge in [0.15, 0.2) is 9.84 Å². The number of carboxylic acid groups (broad SMARTS) is 1. The molecule has 1 aliphatic heterocycles. The summed E-state index contributed by atoms with van der Waals surface area (Å²) in [7, 11) is -3.10. The average molecular weight is 297 g/mol. The normalized spacial score (nSPS) is 20.6. The molecule has 1 aromatic carbocycles. The number of carboxylic acids is 1. The van der Waals surface area contributed by atoms with Crippen LogP contribution in [0.5, 0.6) is 0 Å².